The number of hydrazine groups is 1. The van der Waals surface area contributed by atoms with Crippen molar-refractivity contribution in [2.45, 2.75) is 45.1 Å². The summed E-state index contributed by atoms with van der Waals surface area (Å²) in [6.45, 7) is 2.33. The molecule has 0 amide bonds. The van der Waals surface area contributed by atoms with E-state index in [1.807, 2.05) is 0 Å². The minimum Gasteiger partial charge on any atom is -0.271 e. The van der Waals surface area contributed by atoms with Crippen molar-refractivity contribution in [2.24, 2.45) is 23.6 Å². The van der Waals surface area contributed by atoms with Gasteiger partial charge in [-0.2, -0.15) is 0 Å². The van der Waals surface area contributed by atoms with Crippen molar-refractivity contribution in [3.05, 3.63) is 0 Å². The molecule has 0 aromatic heterocycles. The lowest BCUT2D eigenvalue weighted by Gasteiger charge is -2.14. The largest absolute Gasteiger partial charge is 0.271 e. The van der Waals surface area contributed by atoms with Gasteiger partial charge in [0.15, 0.2) is 0 Å². The highest BCUT2D eigenvalue weighted by Crippen LogP contribution is 2.43. The summed E-state index contributed by atoms with van der Waals surface area (Å²) < 4.78 is 0. The molecule has 0 bridgehead atoms. The molecule has 12 heavy (non-hydrogen) atoms. The Balaban J connectivity index is 1.67. The summed E-state index contributed by atoms with van der Waals surface area (Å²) in [7, 11) is 0. The van der Waals surface area contributed by atoms with Gasteiger partial charge in [-0.1, -0.05) is 19.8 Å². The topological polar surface area (TPSA) is 38.0 Å². The Hall–Kier alpha value is -0.0800. The molecule has 2 fully saturated rings. The van der Waals surface area contributed by atoms with Crippen LogP contribution in [-0.4, -0.2) is 6.04 Å². The number of nitrogens with two attached hydrogens (primary N) is 1. The average Bonchev–Trinajstić information content (AvgIpc) is 2.91. The van der Waals surface area contributed by atoms with Gasteiger partial charge in [-0.3, -0.25) is 11.3 Å². The normalized spacial score (nSPS) is 36.5. The predicted octanol–water partition coefficient (Wildman–Crippen LogP) is 1.66. The van der Waals surface area contributed by atoms with Gasteiger partial charge in [-0.15, -0.1) is 0 Å². The van der Waals surface area contributed by atoms with Crippen LogP contribution >= 0.6 is 0 Å². The van der Waals surface area contributed by atoms with Gasteiger partial charge < -0.3 is 0 Å². The van der Waals surface area contributed by atoms with Crippen LogP contribution in [0.25, 0.3) is 0 Å². The second-order valence-corrected chi connectivity index (χ2v) is 4.67. The SMILES string of the molecule is CC1CC1C(CCC1CC1)NN. The van der Waals surface area contributed by atoms with Crippen molar-refractivity contribution in [1.29, 1.82) is 0 Å². The molecule has 3 unspecified atom stereocenters. The Kier molecular flexibility index (Phi) is 2.37. The van der Waals surface area contributed by atoms with Gasteiger partial charge >= 0.3 is 0 Å². The minimum absolute atomic E-state index is 0.612. The quantitative estimate of drug-likeness (QED) is 0.484. The van der Waals surface area contributed by atoms with Crippen LogP contribution in [0.5, 0.6) is 0 Å². The van der Waals surface area contributed by atoms with Crippen molar-refractivity contribution in [1.82, 2.24) is 5.43 Å². The van der Waals surface area contributed by atoms with Crippen LogP contribution < -0.4 is 11.3 Å². The molecule has 2 rings (SSSR count). The zero-order chi connectivity index (χ0) is 8.55. The first kappa shape index (κ1) is 8.52. The van der Waals surface area contributed by atoms with Gasteiger partial charge in [0.1, 0.15) is 0 Å². The standard InChI is InChI=1S/C10H20N2/c1-7-6-9(7)10(12-11)5-4-8-2-3-8/h7-10,12H,2-6,11H2,1H3. The molecule has 2 heteroatoms. The van der Waals surface area contributed by atoms with Crippen LogP contribution in [-0.2, 0) is 0 Å². The zero-order valence-electron chi connectivity index (χ0n) is 7.92. The molecule has 70 valence electrons. The minimum atomic E-state index is 0.612. The first-order valence-corrected chi connectivity index (χ1v) is 5.27. The van der Waals surface area contributed by atoms with E-state index in [0.717, 1.165) is 17.8 Å². The fourth-order valence-electron chi connectivity index (χ4n) is 2.15. The van der Waals surface area contributed by atoms with Crippen LogP contribution in [0.4, 0.5) is 0 Å². The fourth-order valence-corrected chi connectivity index (χ4v) is 2.15. The fraction of sp³-hybridized carbons (Fsp3) is 1.00. The maximum atomic E-state index is 5.53. The Bertz CT molecular complexity index is 154. The molecule has 0 radical (unpaired) electrons. The van der Waals surface area contributed by atoms with Crippen molar-refractivity contribution in [3.8, 4) is 0 Å². The number of hydrogen-bond acceptors (Lipinski definition) is 2. The second kappa shape index (κ2) is 3.35. The molecule has 2 aliphatic rings. The van der Waals surface area contributed by atoms with E-state index in [1.165, 1.54) is 32.1 Å². The Morgan fingerprint density at radius 2 is 2.17 bits per heavy atom. The Morgan fingerprint density at radius 1 is 1.50 bits per heavy atom. The van der Waals surface area contributed by atoms with Crippen LogP contribution in [0, 0.1) is 17.8 Å². The van der Waals surface area contributed by atoms with E-state index in [4.69, 9.17) is 5.84 Å². The monoisotopic (exact) mass is 168 g/mol. The number of nitrogens with one attached hydrogen (secondary N) is 1. The molecule has 3 atom stereocenters. The van der Waals surface area contributed by atoms with Crippen LogP contribution in [0.2, 0.25) is 0 Å². The lowest BCUT2D eigenvalue weighted by atomic mass is 10.0. The third kappa shape index (κ3) is 1.99. The summed E-state index contributed by atoms with van der Waals surface area (Å²) in [4.78, 5) is 0. The summed E-state index contributed by atoms with van der Waals surface area (Å²) in [6.07, 6.45) is 7.03. The molecule has 0 aromatic rings. The Morgan fingerprint density at radius 3 is 2.58 bits per heavy atom. The molecule has 0 aliphatic heterocycles. The van der Waals surface area contributed by atoms with E-state index in [9.17, 15) is 0 Å². The molecule has 3 N–H and O–H groups in total. The first-order chi connectivity index (χ1) is 5.81. The van der Waals surface area contributed by atoms with Crippen LogP contribution in [0.1, 0.15) is 39.0 Å². The zero-order valence-corrected chi connectivity index (χ0v) is 7.92. The average molecular weight is 168 g/mol. The predicted molar refractivity (Wildman–Crippen MR) is 50.3 cm³/mol. The summed E-state index contributed by atoms with van der Waals surface area (Å²) in [5.41, 5.74) is 2.98. The Labute approximate surface area is 74.9 Å². The third-order valence-corrected chi connectivity index (χ3v) is 3.49. The molecule has 0 saturated heterocycles. The van der Waals surface area contributed by atoms with Crippen molar-refractivity contribution >= 4 is 0 Å². The van der Waals surface area contributed by atoms with Crippen molar-refractivity contribution in [2.75, 3.05) is 0 Å². The van der Waals surface area contributed by atoms with Gasteiger partial charge in [0, 0.05) is 6.04 Å². The third-order valence-electron chi connectivity index (χ3n) is 3.49. The maximum Gasteiger partial charge on any atom is 0.0241 e. The van der Waals surface area contributed by atoms with Gasteiger partial charge in [0.25, 0.3) is 0 Å². The molecule has 0 heterocycles. The van der Waals surface area contributed by atoms with E-state index in [1.54, 1.807) is 0 Å². The smallest absolute Gasteiger partial charge is 0.0241 e. The summed E-state index contributed by atoms with van der Waals surface area (Å²) in [6, 6.07) is 0.612. The second-order valence-electron chi connectivity index (χ2n) is 4.67. The highest BCUT2D eigenvalue weighted by Gasteiger charge is 2.39. The number of rotatable bonds is 5. The molecule has 0 aromatic carbocycles. The van der Waals surface area contributed by atoms with Crippen LogP contribution in [0.3, 0.4) is 0 Å². The van der Waals surface area contributed by atoms with Gasteiger partial charge in [0.2, 0.25) is 0 Å². The summed E-state index contributed by atoms with van der Waals surface area (Å²) in [5.74, 6) is 8.39. The highest BCUT2D eigenvalue weighted by atomic mass is 15.2. The number of hydrogen-bond donors (Lipinski definition) is 2. The van der Waals surface area contributed by atoms with E-state index < -0.39 is 0 Å². The van der Waals surface area contributed by atoms with E-state index in [-0.39, 0.29) is 0 Å². The molecule has 2 aliphatic carbocycles. The van der Waals surface area contributed by atoms with E-state index in [2.05, 4.69) is 12.3 Å². The molecule has 0 spiro atoms. The van der Waals surface area contributed by atoms with Gasteiger partial charge in [-0.25, -0.2) is 0 Å². The van der Waals surface area contributed by atoms with Gasteiger partial charge in [0.05, 0.1) is 0 Å². The maximum absolute atomic E-state index is 5.53. The lowest BCUT2D eigenvalue weighted by Crippen LogP contribution is -2.37. The van der Waals surface area contributed by atoms with Crippen LogP contribution in [0.15, 0.2) is 0 Å². The summed E-state index contributed by atoms with van der Waals surface area (Å²) >= 11 is 0. The first-order valence-electron chi connectivity index (χ1n) is 5.27. The molecular formula is C10H20N2. The van der Waals surface area contributed by atoms with Crippen molar-refractivity contribution in [3.63, 3.8) is 0 Å². The highest BCUT2D eigenvalue weighted by molar-refractivity contribution is 4.92. The van der Waals surface area contributed by atoms with E-state index >= 15 is 0 Å². The van der Waals surface area contributed by atoms with Crippen molar-refractivity contribution < 1.29 is 0 Å². The molecule has 2 nitrogen and oxygen atoms in total. The molecule has 2 saturated carbocycles. The summed E-state index contributed by atoms with van der Waals surface area (Å²) in [5, 5.41) is 0. The lowest BCUT2D eigenvalue weighted by molar-refractivity contribution is 0.409. The van der Waals surface area contributed by atoms with E-state index in [0.29, 0.717) is 6.04 Å². The molecular weight excluding hydrogens is 148 g/mol. The van der Waals surface area contributed by atoms with Gasteiger partial charge in [-0.05, 0) is 37.0 Å².